The van der Waals surface area contributed by atoms with E-state index in [4.69, 9.17) is 4.74 Å². The van der Waals surface area contributed by atoms with Crippen molar-refractivity contribution in [1.82, 2.24) is 5.32 Å². The van der Waals surface area contributed by atoms with Gasteiger partial charge in [0.1, 0.15) is 5.72 Å². The molecule has 0 spiro atoms. The molecule has 1 heterocycles. The Morgan fingerprint density at radius 2 is 2.55 bits per heavy atom. The predicted octanol–water partition coefficient (Wildman–Crippen LogP) is 1.04. The van der Waals surface area contributed by atoms with Crippen molar-refractivity contribution >= 4 is 6.41 Å². The summed E-state index contributed by atoms with van der Waals surface area (Å²) >= 11 is 0. The second-order valence-corrected chi connectivity index (χ2v) is 2.96. The molecule has 0 aromatic heterocycles. The molecular formula is C8H15NO2. The number of nitrogens with one attached hydrogen (secondary N) is 1. The van der Waals surface area contributed by atoms with Gasteiger partial charge >= 0.3 is 0 Å². The molecule has 1 unspecified atom stereocenters. The van der Waals surface area contributed by atoms with Crippen molar-refractivity contribution in [2.45, 2.75) is 38.3 Å². The number of amides is 1. The molecule has 0 aromatic rings. The molecule has 0 aliphatic carbocycles. The maximum Gasteiger partial charge on any atom is 0.209 e. The van der Waals surface area contributed by atoms with Gasteiger partial charge in [0.05, 0.1) is 0 Å². The molecule has 1 fully saturated rings. The number of hydrogen-bond donors (Lipinski definition) is 1. The summed E-state index contributed by atoms with van der Waals surface area (Å²) < 4.78 is 5.48. The summed E-state index contributed by atoms with van der Waals surface area (Å²) in [6.07, 6.45) is 4.72. The van der Waals surface area contributed by atoms with Crippen LogP contribution in [0.5, 0.6) is 0 Å². The van der Waals surface area contributed by atoms with Crippen LogP contribution in [0, 0.1) is 0 Å². The van der Waals surface area contributed by atoms with E-state index in [9.17, 15) is 4.79 Å². The zero-order chi connectivity index (χ0) is 8.16. The molecule has 1 rings (SSSR count). The minimum atomic E-state index is -0.323. The third kappa shape index (κ3) is 1.93. The number of ether oxygens (including phenoxy) is 1. The fourth-order valence-corrected chi connectivity index (χ4v) is 1.59. The fourth-order valence-electron chi connectivity index (χ4n) is 1.59. The highest BCUT2D eigenvalue weighted by atomic mass is 16.5. The van der Waals surface area contributed by atoms with Crippen LogP contribution < -0.4 is 5.32 Å². The molecule has 64 valence electrons. The summed E-state index contributed by atoms with van der Waals surface area (Å²) in [7, 11) is 0. The van der Waals surface area contributed by atoms with E-state index in [0.29, 0.717) is 0 Å². The summed E-state index contributed by atoms with van der Waals surface area (Å²) in [4.78, 5) is 10.2. The highest BCUT2D eigenvalue weighted by Gasteiger charge is 2.33. The Labute approximate surface area is 67.1 Å². The predicted molar refractivity (Wildman–Crippen MR) is 42.0 cm³/mol. The summed E-state index contributed by atoms with van der Waals surface area (Å²) in [5.74, 6) is 0. The van der Waals surface area contributed by atoms with E-state index in [1.807, 2.05) is 0 Å². The molecule has 0 radical (unpaired) electrons. The van der Waals surface area contributed by atoms with Crippen LogP contribution in [-0.4, -0.2) is 18.7 Å². The molecule has 1 aliphatic heterocycles. The van der Waals surface area contributed by atoms with Crippen LogP contribution in [0.15, 0.2) is 0 Å². The van der Waals surface area contributed by atoms with Gasteiger partial charge in [-0.3, -0.25) is 4.79 Å². The maximum atomic E-state index is 10.2. The molecule has 1 saturated heterocycles. The highest BCUT2D eigenvalue weighted by molar-refractivity contribution is 5.47. The summed E-state index contributed by atoms with van der Waals surface area (Å²) in [5, 5.41) is 2.76. The molecule has 11 heavy (non-hydrogen) atoms. The fraction of sp³-hybridized carbons (Fsp3) is 0.875. The SMILES string of the molecule is CCCC1(NC=O)CCCO1. The molecule has 1 atom stereocenters. The van der Waals surface area contributed by atoms with Gasteiger partial charge < -0.3 is 10.1 Å². The van der Waals surface area contributed by atoms with Gasteiger partial charge in [-0.05, 0) is 19.3 Å². The van der Waals surface area contributed by atoms with Crippen molar-refractivity contribution < 1.29 is 9.53 Å². The van der Waals surface area contributed by atoms with Crippen molar-refractivity contribution in [3.8, 4) is 0 Å². The first-order valence-electron chi connectivity index (χ1n) is 4.18. The van der Waals surface area contributed by atoms with Crippen LogP contribution in [0.25, 0.3) is 0 Å². The quantitative estimate of drug-likeness (QED) is 0.619. The lowest BCUT2D eigenvalue weighted by atomic mass is 10.0. The standard InChI is InChI=1S/C8H15NO2/c1-2-4-8(9-7-10)5-3-6-11-8/h7H,2-6H2,1H3,(H,9,10). The third-order valence-electron chi connectivity index (χ3n) is 2.08. The van der Waals surface area contributed by atoms with E-state index in [2.05, 4.69) is 12.2 Å². The van der Waals surface area contributed by atoms with Gasteiger partial charge in [-0.25, -0.2) is 0 Å². The van der Waals surface area contributed by atoms with Gasteiger partial charge in [0.15, 0.2) is 0 Å². The molecule has 3 nitrogen and oxygen atoms in total. The van der Waals surface area contributed by atoms with Crippen LogP contribution >= 0.6 is 0 Å². The lowest BCUT2D eigenvalue weighted by Crippen LogP contribution is -2.43. The second kappa shape index (κ2) is 3.72. The third-order valence-corrected chi connectivity index (χ3v) is 2.08. The van der Waals surface area contributed by atoms with Crippen molar-refractivity contribution in [2.75, 3.05) is 6.61 Å². The average Bonchev–Trinajstić information content (AvgIpc) is 2.39. The zero-order valence-corrected chi connectivity index (χ0v) is 6.93. The lowest BCUT2D eigenvalue weighted by molar-refractivity contribution is -0.118. The minimum Gasteiger partial charge on any atom is -0.356 e. The first-order valence-corrected chi connectivity index (χ1v) is 4.18. The Balaban J connectivity index is 2.46. The van der Waals surface area contributed by atoms with Gasteiger partial charge in [0.25, 0.3) is 0 Å². The molecule has 0 aromatic carbocycles. The van der Waals surface area contributed by atoms with Crippen LogP contribution in [0.4, 0.5) is 0 Å². The van der Waals surface area contributed by atoms with Crippen LogP contribution in [0.2, 0.25) is 0 Å². The van der Waals surface area contributed by atoms with E-state index < -0.39 is 0 Å². The normalized spacial score (nSPS) is 30.3. The lowest BCUT2D eigenvalue weighted by Gasteiger charge is -2.26. The summed E-state index contributed by atoms with van der Waals surface area (Å²) in [6, 6.07) is 0. The van der Waals surface area contributed by atoms with E-state index in [-0.39, 0.29) is 5.72 Å². The van der Waals surface area contributed by atoms with Gasteiger partial charge in [-0.1, -0.05) is 13.3 Å². The molecule has 1 N–H and O–H groups in total. The van der Waals surface area contributed by atoms with Gasteiger partial charge in [-0.2, -0.15) is 0 Å². The zero-order valence-electron chi connectivity index (χ0n) is 6.93. The Morgan fingerprint density at radius 1 is 1.73 bits per heavy atom. The van der Waals surface area contributed by atoms with Gasteiger partial charge in [0.2, 0.25) is 6.41 Å². The van der Waals surface area contributed by atoms with Crippen LogP contribution in [-0.2, 0) is 9.53 Å². The number of carbonyl (C=O) groups excluding carboxylic acids is 1. The number of hydrogen-bond acceptors (Lipinski definition) is 2. The van der Waals surface area contributed by atoms with Crippen LogP contribution in [0.1, 0.15) is 32.6 Å². The molecule has 1 aliphatic rings. The van der Waals surface area contributed by atoms with E-state index >= 15 is 0 Å². The Kier molecular flexibility index (Phi) is 2.88. The molecular weight excluding hydrogens is 142 g/mol. The Morgan fingerprint density at radius 3 is 3.00 bits per heavy atom. The first kappa shape index (κ1) is 8.53. The monoisotopic (exact) mass is 157 g/mol. The molecule has 0 saturated carbocycles. The van der Waals surface area contributed by atoms with E-state index in [1.165, 1.54) is 0 Å². The van der Waals surface area contributed by atoms with Crippen molar-refractivity contribution in [1.29, 1.82) is 0 Å². The Hall–Kier alpha value is -0.570. The molecule has 3 heteroatoms. The van der Waals surface area contributed by atoms with Crippen molar-refractivity contribution in [3.63, 3.8) is 0 Å². The minimum absolute atomic E-state index is 0.323. The van der Waals surface area contributed by atoms with Crippen molar-refractivity contribution in [2.24, 2.45) is 0 Å². The van der Waals surface area contributed by atoms with E-state index in [0.717, 1.165) is 38.7 Å². The Bertz CT molecular complexity index is 130. The first-order chi connectivity index (χ1) is 5.33. The summed E-state index contributed by atoms with van der Waals surface area (Å²) in [6.45, 7) is 2.87. The molecule has 1 amide bonds. The largest absolute Gasteiger partial charge is 0.356 e. The highest BCUT2D eigenvalue weighted by Crippen LogP contribution is 2.26. The average molecular weight is 157 g/mol. The smallest absolute Gasteiger partial charge is 0.209 e. The second-order valence-electron chi connectivity index (χ2n) is 2.96. The maximum absolute atomic E-state index is 10.2. The number of rotatable bonds is 4. The van der Waals surface area contributed by atoms with E-state index in [1.54, 1.807) is 0 Å². The number of carbonyl (C=O) groups is 1. The van der Waals surface area contributed by atoms with Gasteiger partial charge in [-0.15, -0.1) is 0 Å². The van der Waals surface area contributed by atoms with Crippen molar-refractivity contribution in [3.05, 3.63) is 0 Å². The molecule has 0 bridgehead atoms. The summed E-state index contributed by atoms with van der Waals surface area (Å²) in [5.41, 5.74) is -0.323. The van der Waals surface area contributed by atoms with Gasteiger partial charge in [0, 0.05) is 6.61 Å². The topological polar surface area (TPSA) is 38.3 Å². The van der Waals surface area contributed by atoms with Crippen LogP contribution in [0.3, 0.4) is 0 Å².